The standard InChI is InChI=1S/C16H15BrO5S/c1-11-6-8-12(9-7-11)23(18,19)22-16(17)15-10-20-13-4-2-3-5-14(13)21-15/h2-9,15-16H,10H2,1H3/t15-,16-/m0/s1. The Bertz CT molecular complexity index is 788. The SMILES string of the molecule is Cc1ccc(S(=O)(=O)O[C@H](Br)[C@@H]2COc3ccccc3O2)cc1. The monoisotopic (exact) mass is 398 g/mol. The van der Waals surface area contributed by atoms with Crippen LogP contribution in [0.4, 0.5) is 0 Å². The zero-order chi connectivity index (χ0) is 16.4. The van der Waals surface area contributed by atoms with Crippen molar-refractivity contribution >= 4 is 26.0 Å². The number of alkyl halides is 1. The highest BCUT2D eigenvalue weighted by Gasteiger charge is 2.32. The van der Waals surface area contributed by atoms with Gasteiger partial charge in [-0.15, -0.1) is 0 Å². The molecule has 0 radical (unpaired) electrons. The van der Waals surface area contributed by atoms with Gasteiger partial charge in [0.2, 0.25) is 0 Å². The minimum Gasteiger partial charge on any atom is -0.486 e. The molecule has 0 amide bonds. The van der Waals surface area contributed by atoms with E-state index in [1.807, 2.05) is 19.1 Å². The Kier molecular flexibility index (Phi) is 4.61. The molecular weight excluding hydrogens is 384 g/mol. The van der Waals surface area contributed by atoms with Gasteiger partial charge >= 0.3 is 0 Å². The first-order chi connectivity index (χ1) is 11.0. The summed E-state index contributed by atoms with van der Waals surface area (Å²) in [5.41, 5.74) is 0.972. The molecule has 122 valence electrons. The maximum Gasteiger partial charge on any atom is 0.298 e. The molecule has 5 nitrogen and oxygen atoms in total. The van der Waals surface area contributed by atoms with E-state index in [1.54, 1.807) is 24.3 Å². The highest BCUT2D eigenvalue weighted by Crippen LogP contribution is 2.33. The van der Waals surface area contributed by atoms with Gasteiger partial charge in [-0.05, 0) is 31.2 Å². The highest BCUT2D eigenvalue weighted by atomic mass is 79.9. The molecule has 0 bridgehead atoms. The molecule has 0 saturated heterocycles. The van der Waals surface area contributed by atoms with Crippen LogP contribution in [0.3, 0.4) is 0 Å². The van der Waals surface area contributed by atoms with E-state index in [9.17, 15) is 8.42 Å². The van der Waals surface area contributed by atoms with E-state index < -0.39 is 21.2 Å². The molecule has 0 N–H and O–H groups in total. The van der Waals surface area contributed by atoms with Crippen molar-refractivity contribution in [3.63, 3.8) is 0 Å². The van der Waals surface area contributed by atoms with E-state index in [0.29, 0.717) is 11.5 Å². The maximum absolute atomic E-state index is 12.3. The molecule has 2 aromatic carbocycles. The molecule has 2 aromatic rings. The van der Waals surface area contributed by atoms with E-state index in [2.05, 4.69) is 15.9 Å². The quantitative estimate of drug-likeness (QED) is 0.584. The summed E-state index contributed by atoms with van der Waals surface area (Å²) in [7, 11) is -3.89. The smallest absolute Gasteiger partial charge is 0.298 e. The molecule has 0 aliphatic carbocycles. The molecule has 0 fully saturated rings. The highest BCUT2D eigenvalue weighted by molar-refractivity contribution is 9.09. The average Bonchev–Trinajstić information content (AvgIpc) is 2.54. The van der Waals surface area contributed by atoms with Crippen LogP contribution in [0.25, 0.3) is 0 Å². The minimum atomic E-state index is -3.89. The molecule has 0 spiro atoms. The largest absolute Gasteiger partial charge is 0.486 e. The van der Waals surface area contributed by atoms with Gasteiger partial charge in [-0.3, -0.25) is 0 Å². The topological polar surface area (TPSA) is 61.8 Å². The molecule has 0 aromatic heterocycles. The molecule has 23 heavy (non-hydrogen) atoms. The lowest BCUT2D eigenvalue weighted by atomic mass is 10.2. The number of fused-ring (bicyclic) bond motifs is 1. The van der Waals surface area contributed by atoms with Gasteiger partial charge in [0.1, 0.15) is 6.61 Å². The van der Waals surface area contributed by atoms with Gasteiger partial charge in [0, 0.05) is 0 Å². The number of hydrogen-bond donors (Lipinski definition) is 0. The summed E-state index contributed by atoms with van der Waals surface area (Å²) in [6, 6.07) is 13.7. The van der Waals surface area contributed by atoms with E-state index in [1.165, 1.54) is 12.1 Å². The van der Waals surface area contributed by atoms with Crippen LogP contribution in [0.2, 0.25) is 0 Å². The number of aryl methyl sites for hydroxylation is 1. The molecule has 1 aliphatic rings. The fourth-order valence-corrected chi connectivity index (χ4v) is 3.92. The predicted octanol–water partition coefficient (Wildman–Crippen LogP) is 3.26. The number of benzene rings is 2. The van der Waals surface area contributed by atoms with Crippen molar-refractivity contribution < 1.29 is 22.1 Å². The summed E-state index contributed by atoms with van der Waals surface area (Å²) >= 11 is 3.23. The minimum absolute atomic E-state index is 0.102. The van der Waals surface area contributed by atoms with Crippen LogP contribution < -0.4 is 9.47 Å². The van der Waals surface area contributed by atoms with Crippen LogP contribution in [0.5, 0.6) is 11.5 Å². The van der Waals surface area contributed by atoms with E-state index in [4.69, 9.17) is 13.7 Å². The number of hydrogen-bond acceptors (Lipinski definition) is 5. The fourth-order valence-electron chi connectivity index (χ4n) is 2.11. The van der Waals surface area contributed by atoms with Crippen molar-refractivity contribution in [1.29, 1.82) is 0 Å². The number of halogens is 1. The average molecular weight is 399 g/mol. The first-order valence-electron chi connectivity index (χ1n) is 6.98. The van der Waals surface area contributed by atoms with Gasteiger partial charge < -0.3 is 9.47 Å². The summed E-state index contributed by atoms with van der Waals surface area (Å²) in [5, 5.41) is -0.859. The van der Waals surface area contributed by atoms with Crippen molar-refractivity contribution in [3.8, 4) is 11.5 Å². The van der Waals surface area contributed by atoms with Gasteiger partial charge in [0.15, 0.2) is 22.6 Å². The maximum atomic E-state index is 12.3. The van der Waals surface area contributed by atoms with Gasteiger partial charge in [0.25, 0.3) is 10.1 Å². The van der Waals surface area contributed by atoms with Gasteiger partial charge in [-0.1, -0.05) is 45.8 Å². The van der Waals surface area contributed by atoms with Crippen LogP contribution in [0, 0.1) is 6.92 Å². The number of ether oxygens (including phenoxy) is 2. The molecular formula is C16H15BrO5S. The third kappa shape index (κ3) is 3.68. The predicted molar refractivity (Wildman–Crippen MR) is 88.5 cm³/mol. The second-order valence-electron chi connectivity index (χ2n) is 5.13. The Morgan fingerprint density at radius 3 is 2.48 bits per heavy atom. The molecule has 3 rings (SSSR count). The Morgan fingerprint density at radius 1 is 1.13 bits per heavy atom. The van der Waals surface area contributed by atoms with Crippen molar-refractivity contribution in [2.75, 3.05) is 6.61 Å². The second-order valence-corrected chi connectivity index (χ2v) is 7.60. The van der Waals surface area contributed by atoms with Gasteiger partial charge in [-0.25, -0.2) is 4.18 Å². The third-order valence-corrected chi connectivity index (χ3v) is 5.69. The lowest BCUT2D eigenvalue weighted by molar-refractivity contribution is 0.0443. The van der Waals surface area contributed by atoms with Crippen LogP contribution in [0.15, 0.2) is 53.4 Å². The zero-order valence-electron chi connectivity index (χ0n) is 12.3. The molecule has 0 saturated carbocycles. The van der Waals surface area contributed by atoms with Crippen molar-refractivity contribution in [3.05, 3.63) is 54.1 Å². The molecule has 7 heteroatoms. The summed E-state index contributed by atoms with van der Waals surface area (Å²) in [6.07, 6.45) is -0.579. The molecule has 1 heterocycles. The third-order valence-electron chi connectivity index (χ3n) is 3.35. The number of rotatable bonds is 4. The normalized spacial score (nSPS) is 18.4. The Morgan fingerprint density at radius 2 is 1.78 bits per heavy atom. The second kappa shape index (κ2) is 6.51. The Hall–Kier alpha value is -1.57. The van der Waals surface area contributed by atoms with E-state index in [0.717, 1.165) is 5.56 Å². The summed E-state index contributed by atoms with van der Waals surface area (Å²) in [4.78, 5) is 0.102. The fraction of sp³-hybridized carbons (Fsp3) is 0.250. The lowest BCUT2D eigenvalue weighted by Crippen LogP contribution is -2.39. The molecule has 2 atom stereocenters. The van der Waals surface area contributed by atoms with Gasteiger partial charge in [0.05, 0.1) is 4.90 Å². The lowest BCUT2D eigenvalue weighted by Gasteiger charge is -2.29. The number of para-hydroxylation sites is 2. The zero-order valence-corrected chi connectivity index (χ0v) is 14.7. The van der Waals surface area contributed by atoms with Gasteiger partial charge in [-0.2, -0.15) is 8.42 Å². The van der Waals surface area contributed by atoms with Crippen LogP contribution in [-0.4, -0.2) is 26.1 Å². The van der Waals surface area contributed by atoms with Crippen LogP contribution in [0.1, 0.15) is 5.56 Å². The van der Waals surface area contributed by atoms with Crippen molar-refractivity contribution in [2.45, 2.75) is 22.9 Å². The Labute approximate surface area is 143 Å². The Balaban J connectivity index is 1.72. The summed E-state index contributed by atoms with van der Waals surface area (Å²) in [5.74, 6) is 1.19. The van der Waals surface area contributed by atoms with Crippen LogP contribution >= 0.6 is 15.9 Å². The van der Waals surface area contributed by atoms with Crippen molar-refractivity contribution in [1.82, 2.24) is 0 Å². The van der Waals surface area contributed by atoms with Crippen molar-refractivity contribution in [2.24, 2.45) is 0 Å². The van der Waals surface area contributed by atoms with Crippen LogP contribution in [-0.2, 0) is 14.3 Å². The first kappa shape index (κ1) is 16.3. The molecule has 0 unspecified atom stereocenters. The van der Waals surface area contributed by atoms with E-state index >= 15 is 0 Å². The van der Waals surface area contributed by atoms with E-state index in [-0.39, 0.29) is 11.5 Å². The summed E-state index contributed by atoms with van der Waals surface area (Å²) in [6.45, 7) is 2.07. The first-order valence-corrected chi connectivity index (χ1v) is 9.30. The summed E-state index contributed by atoms with van der Waals surface area (Å²) < 4.78 is 41.1. The molecule has 1 aliphatic heterocycles.